The number of fused-ring (bicyclic) bond motifs is 1. The van der Waals surface area contributed by atoms with E-state index < -0.39 is 18.0 Å². The molecule has 0 saturated heterocycles. The van der Waals surface area contributed by atoms with E-state index in [0.29, 0.717) is 41.7 Å². The van der Waals surface area contributed by atoms with E-state index in [2.05, 4.69) is 10.6 Å². The molecule has 2 N–H and O–H groups in total. The highest BCUT2D eigenvalue weighted by Gasteiger charge is 2.22. The molecule has 4 rings (SSSR count). The van der Waals surface area contributed by atoms with Crippen LogP contribution in [0.15, 0.2) is 72.8 Å². The molecule has 0 aromatic heterocycles. The molecule has 0 saturated carbocycles. The molecule has 1 unspecified atom stereocenters. The molecule has 3 aromatic carbocycles. The average molecular weight is 418 g/mol. The lowest BCUT2D eigenvalue weighted by Crippen LogP contribution is -2.30. The third kappa shape index (κ3) is 4.95. The summed E-state index contributed by atoms with van der Waals surface area (Å²) < 4.78 is 16.4. The summed E-state index contributed by atoms with van der Waals surface area (Å²) in [6.45, 7) is 2.47. The van der Waals surface area contributed by atoms with Crippen LogP contribution in [0.1, 0.15) is 17.3 Å². The van der Waals surface area contributed by atoms with E-state index in [1.54, 1.807) is 36.4 Å². The average Bonchev–Trinajstić information content (AvgIpc) is 2.80. The molecule has 1 heterocycles. The summed E-state index contributed by atoms with van der Waals surface area (Å²) >= 11 is 0. The first-order chi connectivity index (χ1) is 15.1. The maximum absolute atomic E-state index is 12.7. The Balaban J connectivity index is 1.41. The number of carbonyl (C=O) groups excluding carboxylic acids is 2. The molecule has 1 atom stereocenters. The van der Waals surface area contributed by atoms with E-state index in [9.17, 15) is 9.59 Å². The van der Waals surface area contributed by atoms with Crippen molar-refractivity contribution in [1.29, 1.82) is 0 Å². The summed E-state index contributed by atoms with van der Waals surface area (Å²) in [5.74, 6) is 0.156. The lowest BCUT2D eigenvalue weighted by Gasteiger charge is -2.19. The number of nitrogens with one attached hydrogen (secondary N) is 2. The van der Waals surface area contributed by atoms with E-state index in [0.717, 1.165) is 5.69 Å². The van der Waals surface area contributed by atoms with E-state index in [-0.39, 0.29) is 0 Å². The minimum absolute atomic E-state index is 0.338. The predicted molar refractivity (Wildman–Crippen MR) is 117 cm³/mol. The van der Waals surface area contributed by atoms with Crippen molar-refractivity contribution < 1.29 is 23.8 Å². The minimum Gasteiger partial charge on any atom is -0.486 e. The molecule has 7 nitrogen and oxygen atoms in total. The van der Waals surface area contributed by atoms with Gasteiger partial charge in [-0.3, -0.25) is 4.79 Å². The number of carbonyl (C=O) groups is 2. The first kappa shape index (κ1) is 20.3. The van der Waals surface area contributed by atoms with Crippen LogP contribution in [0.5, 0.6) is 11.5 Å². The molecule has 31 heavy (non-hydrogen) atoms. The van der Waals surface area contributed by atoms with Crippen LogP contribution in [0.25, 0.3) is 0 Å². The fraction of sp³-hybridized carbons (Fsp3) is 0.167. The zero-order valence-electron chi connectivity index (χ0n) is 17.0. The number of para-hydroxylation sites is 2. The van der Waals surface area contributed by atoms with Crippen molar-refractivity contribution in [3.8, 4) is 11.5 Å². The van der Waals surface area contributed by atoms with Gasteiger partial charge in [-0.15, -0.1) is 0 Å². The molecule has 0 fully saturated rings. The number of rotatable bonds is 6. The van der Waals surface area contributed by atoms with Crippen molar-refractivity contribution >= 4 is 28.9 Å². The molecule has 0 bridgehead atoms. The Morgan fingerprint density at radius 1 is 0.871 bits per heavy atom. The first-order valence-corrected chi connectivity index (χ1v) is 9.93. The van der Waals surface area contributed by atoms with E-state index >= 15 is 0 Å². The second-order valence-corrected chi connectivity index (χ2v) is 6.93. The van der Waals surface area contributed by atoms with Gasteiger partial charge in [0.2, 0.25) is 0 Å². The van der Waals surface area contributed by atoms with Crippen LogP contribution in [0.3, 0.4) is 0 Å². The maximum Gasteiger partial charge on any atom is 0.341 e. The number of ether oxygens (including phenoxy) is 3. The van der Waals surface area contributed by atoms with E-state index in [1.807, 2.05) is 36.4 Å². The lowest BCUT2D eigenvalue weighted by molar-refractivity contribution is -0.123. The predicted octanol–water partition coefficient (Wildman–Crippen LogP) is 4.39. The summed E-state index contributed by atoms with van der Waals surface area (Å²) in [4.78, 5) is 25.3. The SMILES string of the molecule is CC(OC(=O)c1ccccc1Nc1ccccc1)C(=O)Nc1ccc2c(c1)OCCO2. The van der Waals surface area contributed by atoms with Crippen LogP contribution in [0.2, 0.25) is 0 Å². The van der Waals surface area contributed by atoms with Crippen molar-refractivity contribution in [3.63, 3.8) is 0 Å². The molecule has 0 radical (unpaired) electrons. The Morgan fingerprint density at radius 2 is 1.58 bits per heavy atom. The third-order valence-corrected chi connectivity index (χ3v) is 4.66. The summed E-state index contributed by atoms with van der Waals surface area (Å²) in [5, 5.41) is 5.93. The fourth-order valence-electron chi connectivity index (χ4n) is 3.09. The number of benzene rings is 3. The van der Waals surface area contributed by atoms with Gasteiger partial charge < -0.3 is 24.8 Å². The van der Waals surface area contributed by atoms with Gasteiger partial charge in [0.15, 0.2) is 17.6 Å². The zero-order chi connectivity index (χ0) is 21.6. The van der Waals surface area contributed by atoms with Gasteiger partial charge in [0, 0.05) is 17.4 Å². The first-order valence-electron chi connectivity index (χ1n) is 9.93. The second kappa shape index (κ2) is 9.21. The summed E-state index contributed by atoms with van der Waals surface area (Å²) in [7, 11) is 0. The van der Waals surface area contributed by atoms with E-state index in [1.165, 1.54) is 6.92 Å². The third-order valence-electron chi connectivity index (χ3n) is 4.66. The van der Waals surface area contributed by atoms with Gasteiger partial charge in [0.25, 0.3) is 5.91 Å². The second-order valence-electron chi connectivity index (χ2n) is 6.93. The highest BCUT2D eigenvalue weighted by molar-refractivity contribution is 6.00. The molecule has 0 aliphatic carbocycles. The number of amides is 1. The van der Waals surface area contributed by atoms with E-state index in [4.69, 9.17) is 14.2 Å². The number of hydrogen-bond acceptors (Lipinski definition) is 6. The molecule has 158 valence electrons. The Kier molecular flexibility index (Phi) is 6.03. The normalized spacial score (nSPS) is 13.1. The zero-order valence-corrected chi connectivity index (χ0v) is 17.0. The van der Waals surface area contributed by atoms with Gasteiger partial charge in [-0.1, -0.05) is 30.3 Å². The number of esters is 1. The number of hydrogen-bond donors (Lipinski definition) is 2. The minimum atomic E-state index is -0.995. The molecule has 1 aliphatic rings. The van der Waals surface area contributed by atoms with Gasteiger partial charge in [-0.05, 0) is 43.3 Å². The Labute approximate surface area is 179 Å². The van der Waals surface area contributed by atoms with Crippen LogP contribution in [-0.2, 0) is 9.53 Å². The highest BCUT2D eigenvalue weighted by Crippen LogP contribution is 2.32. The molecule has 7 heteroatoms. The highest BCUT2D eigenvalue weighted by atomic mass is 16.6. The molecule has 3 aromatic rings. The lowest BCUT2D eigenvalue weighted by atomic mass is 10.1. The van der Waals surface area contributed by atoms with Crippen LogP contribution in [-0.4, -0.2) is 31.2 Å². The smallest absolute Gasteiger partial charge is 0.341 e. The Hall–Kier alpha value is -4.00. The topological polar surface area (TPSA) is 85.9 Å². The van der Waals surface area contributed by atoms with Gasteiger partial charge in [0.1, 0.15) is 13.2 Å². The summed E-state index contributed by atoms with van der Waals surface area (Å²) in [5.41, 5.74) is 2.30. The van der Waals surface area contributed by atoms with Crippen molar-refractivity contribution in [2.75, 3.05) is 23.8 Å². The van der Waals surface area contributed by atoms with Gasteiger partial charge in [-0.25, -0.2) is 4.79 Å². The monoisotopic (exact) mass is 418 g/mol. The van der Waals surface area contributed by atoms with Gasteiger partial charge in [0.05, 0.1) is 11.3 Å². The number of anilines is 3. The standard InChI is InChI=1S/C24H22N2O5/c1-16(23(27)26-18-11-12-21-22(15-18)30-14-13-29-21)31-24(28)19-9-5-6-10-20(19)25-17-7-3-2-4-8-17/h2-12,15-16,25H,13-14H2,1H3,(H,26,27). The Bertz CT molecular complexity index is 1080. The largest absolute Gasteiger partial charge is 0.486 e. The molecular formula is C24H22N2O5. The van der Waals surface area contributed by atoms with Gasteiger partial charge >= 0.3 is 5.97 Å². The fourth-order valence-corrected chi connectivity index (χ4v) is 3.09. The molecular weight excluding hydrogens is 396 g/mol. The molecule has 0 spiro atoms. The summed E-state index contributed by atoms with van der Waals surface area (Å²) in [6.07, 6.45) is -0.995. The van der Waals surface area contributed by atoms with Crippen molar-refractivity contribution in [3.05, 3.63) is 78.4 Å². The van der Waals surface area contributed by atoms with Crippen LogP contribution >= 0.6 is 0 Å². The maximum atomic E-state index is 12.7. The van der Waals surface area contributed by atoms with Crippen molar-refractivity contribution in [2.45, 2.75) is 13.0 Å². The molecule has 1 aliphatic heterocycles. The van der Waals surface area contributed by atoms with Crippen LogP contribution in [0.4, 0.5) is 17.1 Å². The van der Waals surface area contributed by atoms with Crippen molar-refractivity contribution in [1.82, 2.24) is 0 Å². The van der Waals surface area contributed by atoms with Crippen LogP contribution < -0.4 is 20.1 Å². The van der Waals surface area contributed by atoms with Crippen LogP contribution in [0, 0.1) is 0 Å². The van der Waals surface area contributed by atoms with Crippen molar-refractivity contribution in [2.24, 2.45) is 0 Å². The summed E-state index contributed by atoms with van der Waals surface area (Å²) in [6, 6.07) is 21.6. The molecule has 1 amide bonds. The van der Waals surface area contributed by atoms with Gasteiger partial charge in [-0.2, -0.15) is 0 Å². The Morgan fingerprint density at radius 3 is 2.39 bits per heavy atom. The quantitative estimate of drug-likeness (QED) is 0.578.